The molecular weight excluding hydrogens is 1510 g/mol. The van der Waals surface area contributed by atoms with Gasteiger partial charge in [-0.3, -0.25) is 0 Å². The predicted molar refractivity (Wildman–Crippen MR) is 547 cm³/mol. The number of benzene rings is 27. The summed E-state index contributed by atoms with van der Waals surface area (Å²) in [4.78, 5) is 0. The Morgan fingerprint density at radius 1 is 0.0873 bits per heavy atom. The van der Waals surface area contributed by atoms with Gasteiger partial charge < -0.3 is 0 Å². The molecule has 0 heteroatoms. The van der Waals surface area contributed by atoms with Gasteiger partial charge in [0.05, 0.1) is 0 Å². The maximum atomic E-state index is 2.42. The van der Waals surface area contributed by atoms with Crippen molar-refractivity contribution in [2.75, 3.05) is 0 Å². The fraction of sp³-hybridized carbons (Fsp3) is 0. The van der Waals surface area contributed by atoms with Crippen LogP contribution >= 0.6 is 0 Å². The van der Waals surface area contributed by atoms with Crippen LogP contribution in [0.3, 0.4) is 0 Å². The molecular formula is C126H78. The molecule has 126 heavy (non-hydrogen) atoms. The summed E-state index contributed by atoms with van der Waals surface area (Å²) in [7, 11) is 0. The molecule has 0 aliphatic carbocycles. The lowest BCUT2D eigenvalue weighted by Crippen LogP contribution is -1.92. The molecule has 0 bridgehead atoms. The second-order valence-electron chi connectivity index (χ2n) is 33.8. The summed E-state index contributed by atoms with van der Waals surface area (Å²) in [6.45, 7) is 0. The molecule has 582 valence electrons. The van der Waals surface area contributed by atoms with Crippen LogP contribution in [0.2, 0.25) is 0 Å². The normalized spacial score (nSPS) is 11.8. The molecule has 0 nitrogen and oxygen atoms in total. The molecule has 0 unspecified atom stereocenters. The molecule has 27 aromatic rings. The third-order valence-electron chi connectivity index (χ3n) is 27.0. The Morgan fingerprint density at radius 3 is 0.754 bits per heavy atom. The third-order valence-corrected chi connectivity index (χ3v) is 27.0. The number of fused-ring (bicyclic) bond motifs is 24. The first-order chi connectivity index (χ1) is 62.5. The minimum absolute atomic E-state index is 1.25. The van der Waals surface area contributed by atoms with Crippen molar-refractivity contribution >= 4 is 194 Å². The average molecular weight is 1590 g/mol. The maximum Gasteiger partial charge on any atom is -0.00199 e. The molecule has 0 aromatic heterocycles. The highest BCUT2D eigenvalue weighted by Crippen LogP contribution is 2.52. The Balaban J connectivity index is 0.000000103. The number of rotatable bonds is 6. The van der Waals surface area contributed by atoms with Crippen LogP contribution in [0.1, 0.15) is 0 Å². The monoisotopic (exact) mass is 1590 g/mol. The van der Waals surface area contributed by atoms with E-state index in [0.29, 0.717) is 0 Å². The van der Waals surface area contributed by atoms with Gasteiger partial charge in [0.1, 0.15) is 0 Å². The van der Waals surface area contributed by atoms with Crippen LogP contribution in [-0.4, -0.2) is 0 Å². The van der Waals surface area contributed by atoms with Crippen LogP contribution in [0.15, 0.2) is 473 Å². The molecule has 27 aromatic carbocycles. The van der Waals surface area contributed by atoms with E-state index in [4.69, 9.17) is 0 Å². The van der Waals surface area contributed by atoms with Crippen LogP contribution < -0.4 is 0 Å². The first kappa shape index (κ1) is 72.4. The molecule has 0 radical (unpaired) electrons. The van der Waals surface area contributed by atoms with E-state index in [1.165, 1.54) is 261 Å². The Hall–Kier alpha value is -16.4. The topological polar surface area (TPSA) is 0 Å². The molecule has 0 aliphatic heterocycles. The zero-order valence-corrected chi connectivity index (χ0v) is 69.0. The summed E-state index contributed by atoms with van der Waals surface area (Å²) in [6, 6.07) is 174. The first-order valence-corrected chi connectivity index (χ1v) is 43.8. The van der Waals surface area contributed by atoms with Crippen molar-refractivity contribution in [3.05, 3.63) is 473 Å². The van der Waals surface area contributed by atoms with Gasteiger partial charge in [-0.1, -0.05) is 431 Å². The summed E-state index contributed by atoms with van der Waals surface area (Å²) in [5.41, 5.74) is 15.4. The van der Waals surface area contributed by atoms with E-state index >= 15 is 0 Å². The van der Waals surface area contributed by atoms with E-state index in [1.807, 2.05) is 0 Å². The molecule has 0 fully saturated rings. The molecule has 0 spiro atoms. The smallest absolute Gasteiger partial charge is 0.00199 e. The van der Waals surface area contributed by atoms with Gasteiger partial charge in [-0.05, 0) is 303 Å². The highest BCUT2D eigenvalue weighted by Gasteiger charge is 2.24. The maximum absolute atomic E-state index is 2.42. The highest BCUT2D eigenvalue weighted by atomic mass is 14.3. The largest absolute Gasteiger partial charge is 0.0616 e. The number of hydrogen-bond acceptors (Lipinski definition) is 0. The Bertz CT molecular complexity index is 9020. The minimum Gasteiger partial charge on any atom is -0.0616 e. The van der Waals surface area contributed by atoms with E-state index in [9.17, 15) is 0 Å². The molecule has 0 saturated carbocycles. The van der Waals surface area contributed by atoms with Crippen LogP contribution in [0.5, 0.6) is 0 Å². The lowest BCUT2D eigenvalue weighted by molar-refractivity contribution is 1.68. The third kappa shape index (κ3) is 11.8. The van der Waals surface area contributed by atoms with Gasteiger partial charge in [-0.2, -0.15) is 0 Å². The summed E-state index contributed by atoms with van der Waals surface area (Å²) in [5, 5.41) is 46.3. The molecule has 0 heterocycles. The van der Waals surface area contributed by atoms with E-state index in [0.717, 1.165) is 0 Å². The van der Waals surface area contributed by atoms with Gasteiger partial charge in [-0.15, -0.1) is 0 Å². The Kier molecular flexibility index (Phi) is 17.1. The first-order valence-electron chi connectivity index (χ1n) is 43.8. The summed E-state index contributed by atoms with van der Waals surface area (Å²) < 4.78 is 0. The molecule has 0 N–H and O–H groups in total. The van der Waals surface area contributed by atoms with E-state index < -0.39 is 0 Å². The summed E-state index contributed by atoms with van der Waals surface area (Å²) >= 11 is 0. The Morgan fingerprint density at radius 2 is 0.333 bits per heavy atom. The van der Waals surface area contributed by atoms with Gasteiger partial charge >= 0.3 is 0 Å². The quantitative estimate of drug-likeness (QED) is 0.115. The van der Waals surface area contributed by atoms with Crippen LogP contribution in [-0.2, 0) is 0 Å². The van der Waals surface area contributed by atoms with Crippen LogP contribution in [0.4, 0.5) is 0 Å². The predicted octanol–water partition coefficient (Wildman–Crippen LogP) is 35.8. The SMILES string of the molecule is c1ccc2cc(-c3c4ccccc4c(-c4cc5ccc6ccccc6c5c5ccccc45)c4ccccc34)ccc2c1.c1ccc2cc(-c3c4ccccc4c(-c4ccc5c6ccccc6c6ccccc6c5c4)c4ccccc34)ccc2c1.c1ccc2cc(-c3c4ccccc4c(-c4cccc5c4ccc4cc6ccccc6cc45)c4ccccc34)ccc2c1. The van der Waals surface area contributed by atoms with Crippen molar-refractivity contribution < 1.29 is 0 Å². The van der Waals surface area contributed by atoms with Crippen LogP contribution in [0, 0.1) is 0 Å². The van der Waals surface area contributed by atoms with Gasteiger partial charge in [0, 0.05) is 0 Å². The Labute approximate surface area is 728 Å². The molecule has 0 atom stereocenters. The van der Waals surface area contributed by atoms with Crippen LogP contribution in [0.25, 0.3) is 261 Å². The highest BCUT2D eigenvalue weighted by molar-refractivity contribution is 6.32. The van der Waals surface area contributed by atoms with Crippen molar-refractivity contribution in [3.8, 4) is 66.8 Å². The van der Waals surface area contributed by atoms with Crippen molar-refractivity contribution in [3.63, 3.8) is 0 Å². The standard InChI is InChI=1S/3C42H26/c1-2-11-28-25-32(21-20-27(28)10-1)41-36-14-5-7-16-38(36)42(39-17-8-6-15-37(39)41)35-19-9-18-33-34(35)23-22-31-24-29-12-3-4-13-30(29)26-40(31)33;1-2-13-29-25-30(23-21-27(29)11-1)41-35-17-7-9-19-37(35)42(38-20-10-8-18-36(38)41)39-26-31-24-22-28-12-3-4-14-32(28)40(31)34-16-6-5-15-33(34)39;1-2-12-28-25-29(22-21-27(28)11-1)41-36-17-7-9-19-38(36)42(39-20-10-8-18-37(39)41)30-23-24-35-33-15-4-3-13-31(33)32-14-5-6-16-34(32)40(35)26-30/h3*1-26H. The van der Waals surface area contributed by atoms with E-state index in [2.05, 4.69) is 473 Å². The lowest BCUT2D eigenvalue weighted by atomic mass is 9.83. The average Bonchev–Trinajstić information content (AvgIpc) is 0.722. The molecule has 0 aliphatic rings. The van der Waals surface area contributed by atoms with Gasteiger partial charge in [0.2, 0.25) is 0 Å². The zero-order chi connectivity index (χ0) is 82.9. The van der Waals surface area contributed by atoms with E-state index in [-0.39, 0.29) is 0 Å². The summed E-state index contributed by atoms with van der Waals surface area (Å²) in [5.74, 6) is 0. The summed E-state index contributed by atoms with van der Waals surface area (Å²) in [6.07, 6.45) is 0. The molecule has 0 amide bonds. The molecule has 27 rings (SSSR count). The molecule has 0 saturated heterocycles. The van der Waals surface area contributed by atoms with Crippen molar-refractivity contribution in [2.24, 2.45) is 0 Å². The van der Waals surface area contributed by atoms with Crippen molar-refractivity contribution in [2.45, 2.75) is 0 Å². The second-order valence-corrected chi connectivity index (χ2v) is 33.8. The van der Waals surface area contributed by atoms with Gasteiger partial charge in [-0.25, -0.2) is 0 Å². The lowest BCUT2D eigenvalue weighted by Gasteiger charge is -2.20. The minimum atomic E-state index is 1.25. The second kappa shape index (κ2) is 29.8. The van der Waals surface area contributed by atoms with Crippen molar-refractivity contribution in [1.82, 2.24) is 0 Å². The fourth-order valence-corrected chi connectivity index (χ4v) is 21.4. The number of hydrogen-bond donors (Lipinski definition) is 0. The van der Waals surface area contributed by atoms with E-state index in [1.54, 1.807) is 0 Å². The van der Waals surface area contributed by atoms with Gasteiger partial charge in [0.15, 0.2) is 0 Å². The zero-order valence-electron chi connectivity index (χ0n) is 69.0. The fourth-order valence-electron chi connectivity index (χ4n) is 21.4. The van der Waals surface area contributed by atoms with Crippen molar-refractivity contribution in [1.29, 1.82) is 0 Å². The van der Waals surface area contributed by atoms with Gasteiger partial charge in [0.25, 0.3) is 0 Å².